The minimum Gasteiger partial charge on any atom is -0.338 e. The normalized spacial score (nSPS) is 40.4. The lowest BCUT2D eigenvalue weighted by atomic mass is 9.49. The van der Waals surface area contributed by atoms with E-state index >= 15 is 0 Å². The highest BCUT2D eigenvalue weighted by Gasteiger charge is 2.52. The Morgan fingerprint density at radius 1 is 1.12 bits per heavy atom. The molecule has 1 aliphatic heterocycles. The Morgan fingerprint density at radius 2 is 1.83 bits per heavy atom. The van der Waals surface area contributed by atoms with Gasteiger partial charge in [-0.25, -0.2) is 0 Å². The summed E-state index contributed by atoms with van der Waals surface area (Å²) in [4.78, 5) is 15.4. The van der Waals surface area contributed by atoms with E-state index in [1.165, 1.54) is 38.5 Å². The largest absolute Gasteiger partial charge is 0.338 e. The van der Waals surface area contributed by atoms with Crippen molar-refractivity contribution in [2.24, 2.45) is 23.2 Å². The summed E-state index contributed by atoms with van der Waals surface area (Å²) >= 11 is 0. The number of rotatable bonds is 4. The summed E-state index contributed by atoms with van der Waals surface area (Å²) in [6, 6.07) is 2.32. The van der Waals surface area contributed by atoms with Gasteiger partial charge >= 0.3 is 0 Å². The minimum absolute atomic E-state index is 0.353. The van der Waals surface area contributed by atoms with Crippen LogP contribution in [0.1, 0.15) is 57.8 Å². The Hall–Kier alpha value is -1.32. The zero-order chi connectivity index (χ0) is 16.1. The van der Waals surface area contributed by atoms with Crippen molar-refractivity contribution in [1.82, 2.24) is 14.7 Å². The SMILES string of the molecule is O=C(CC12CC3CC(CC(C3)C1)C2)N1CCC[C@@H]1Cn1cccn1. The van der Waals surface area contributed by atoms with Crippen molar-refractivity contribution in [2.45, 2.75) is 70.4 Å². The molecule has 0 radical (unpaired) electrons. The van der Waals surface area contributed by atoms with Gasteiger partial charge < -0.3 is 4.90 Å². The molecule has 4 aliphatic carbocycles. The predicted octanol–water partition coefficient (Wildman–Crippen LogP) is 3.48. The van der Waals surface area contributed by atoms with Crippen LogP contribution in [-0.4, -0.2) is 33.2 Å². The molecule has 24 heavy (non-hydrogen) atoms. The van der Waals surface area contributed by atoms with Gasteiger partial charge in [0.1, 0.15) is 0 Å². The lowest BCUT2D eigenvalue weighted by Gasteiger charge is -2.57. The summed E-state index contributed by atoms with van der Waals surface area (Å²) in [5.74, 6) is 3.24. The van der Waals surface area contributed by atoms with Crippen LogP contribution in [-0.2, 0) is 11.3 Å². The molecule has 1 saturated heterocycles. The second-order valence-corrected chi connectivity index (χ2v) is 9.21. The fourth-order valence-corrected chi connectivity index (χ4v) is 6.91. The molecule has 1 aromatic heterocycles. The highest BCUT2D eigenvalue weighted by molar-refractivity contribution is 5.77. The Bertz CT molecular complexity index is 573. The maximum Gasteiger partial charge on any atom is 0.223 e. The molecule has 4 nitrogen and oxygen atoms in total. The smallest absolute Gasteiger partial charge is 0.223 e. The third-order valence-corrected chi connectivity index (χ3v) is 7.35. The van der Waals surface area contributed by atoms with Gasteiger partial charge in [-0.2, -0.15) is 5.10 Å². The number of carbonyl (C=O) groups is 1. The van der Waals surface area contributed by atoms with Crippen molar-refractivity contribution in [3.63, 3.8) is 0 Å². The van der Waals surface area contributed by atoms with Gasteiger partial charge in [-0.1, -0.05) is 0 Å². The topological polar surface area (TPSA) is 38.1 Å². The zero-order valence-corrected chi connectivity index (χ0v) is 14.6. The van der Waals surface area contributed by atoms with E-state index in [1.54, 1.807) is 0 Å². The van der Waals surface area contributed by atoms with Crippen LogP contribution in [0.4, 0.5) is 0 Å². The van der Waals surface area contributed by atoms with Crippen LogP contribution in [0.15, 0.2) is 18.5 Å². The number of likely N-dealkylation sites (tertiary alicyclic amines) is 1. The molecule has 4 saturated carbocycles. The van der Waals surface area contributed by atoms with Crippen molar-refractivity contribution >= 4 is 5.91 Å². The van der Waals surface area contributed by atoms with Crippen molar-refractivity contribution in [2.75, 3.05) is 6.54 Å². The average molecular weight is 327 g/mol. The monoisotopic (exact) mass is 327 g/mol. The maximum atomic E-state index is 13.2. The van der Waals surface area contributed by atoms with Gasteiger partial charge in [-0.05, 0) is 80.6 Å². The van der Waals surface area contributed by atoms with Crippen LogP contribution < -0.4 is 0 Å². The second-order valence-electron chi connectivity index (χ2n) is 9.21. The molecule has 5 aliphatic rings. The molecule has 0 N–H and O–H groups in total. The average Bonchev–Trinajstić information content (AvgIpc) is 3.17. The van der Waals surface area contributed by atoms with Gasteiger partial charge in [-0.15, -0.1) is 0 Å². The molecule has 4 heteroatoms. The highest BCUT2D eigenvalue weighted by atomic mass is 16.2. The number of hydrogen-bond donors (Lipinski definition) is 0. The van der Waals surface area contributed by atoms with Gasteiger partial charge in [-0.3, -0.25) is 9.48 Å². The fraction of sp³-hybridized carbons (Fsp3) is 0.800. The molecule has 6 rings (SSSR count). The number of aromatic nitrogens is 2. The molecule has 4 bridgehead atoms. The zero-order valence-electron chi connectivity index (χ0n) is 14.6. The third kappa shape index (κ3) is 2.58. The van der Waals surface area contributed by atoms with Gasteiger partial charge in [0.05, 0.1) is 12.6 Å². The maximum absolute atomic E-state index is 13.2. The second kappa shape index (κ2) is 5.60. The first-order valence-corrected chi connectivity index (χ1v) is 9.96. The lowest BCUT2D eigenvalue weighted by molar-refractivity contribution is -0.140. The van der Waals surface area contributed by atoms with Crippen molar-refractivity contribution in [3.05, 3.63) is 18.5 Å². The molecule has 1 atom stereocenters. The molecular weight excluding hydrogens is 298 g/mol. The fourth-order valence-electron chi connectivity index (χ4n) is 6.91. The Labute approximate surface area is 144 Å². The van der Waals surface area contributed by atoms with Gasteiger partial charge in [0.2, 0.25) is 5.91 Å². The van der Waals surface area contributed by atoms with Crippen LogP contribution in [0, 0.1) is 23.2 Å². The molecule has 2 heterocycles. The Balaban J connectivity index is 1.28. The summed E-state index contributed by atoms with van der Waals surface area (Å²) < 4.78 is 1.99. The van der Waals surface area contributed by atoms with Crippen LogP contribution >= 0.6 is 0 Å². The van der Waals surface area contributed by atoms with Crippen LogP contribution in [0.2, 0.25) is 0 Å². The first kappa shape index (κ1) is 15.0. The quantitative estimate of drug-likeness (QED) is 0.849. The predicted molar refractivity (Wildman–Crippen MR) is 92.2 cm³/mol. The van der Waals surface area contributed by atoms with Crippen molar-refractivity contribution in [1.29, 1.82) is 0 Å². The van der Waals surface area contributed by atoms with Gasteiger partial charge in [0, 0.05) is 25.4 Å². The van der Waals surface area contributed by atoms with Gasteiger partial charge in [0.25, 0.3) is 0 Å². The molecule has 5 fully saturated rings. The summed E-state index contributed by atoms with van der Waals surface area (Å²) in [7, 11) is 0. The van der Waals surface area contributed by atoms with E-state index in [1.807, 2.05) is 23.1 Å². The van der Waals surface area contributed by atoms with Crippen LogP contribution in [0.25, 0.3) is 0 Å². The van der Waals surface area contributed by atoms with E-state index in [-0.39, 0.29) is 0 Å². The summed E-state index contributed by atoms with van der Waals surface area (Å²) in [6.07, 6.45) is 15.3. The van der Waals surface area contributed by atoms with E-state index < -0.39 is 0 Å². The van der Waals surface area contributed by atoms with E-state index in [4.69, 9.17) is 0 Å². The first-order valence-electron chi connectivity index (χ1n) is 9.96. The number of amides is 1. The lowest BCUT2D eigenvalue weighted by Crippen LogP contribution is -2.49. The van der Waals surface area contributed by atoms with E-state index in [2.05, 4.69) is 10.00 Å². The molecular formula is C20H29N3O. The molecule has 0 spiro atoms. The third-order valence-electron chi connectivity index (χ3n) is 7.35. The molecule has 1 aromatic rings. The Morgan fingerprint density at radius 3 is 2.46 bits per heavy atom. The summed E-state index contributed by atoms with van der Waals surface area (Å²) in [5.41, 5.74) is 0.366. The van der Waals surface area contributed by atoms with Crippen molar-refractivity contribution < 1.29 is 4.79 Å². The van der Waals surface area contributed by atoms with Crippen LogP contribution in [0.3, 0.4) is 0 Å². The molecule has 0 aromatic carbocycles. The molecule has 1 amide bonds. The first-order chi connectivity index (χ1) is 11.7. The van der Waals surface area contributed by atoms with Crippen molar-refractivity contribution in [3.8, 4) is 0 Å². The molecule has 0 unspecified atom stereocenters. The van der Waals surface area contributed by atoms with E-state index in [0.29, 0.717) is 17.4 Å². The number of nitrogens with zero attached hydrogens (tertiary/aromatic N) is 3. The standard InChI is InChI=1S/C20H29N3O/c24-19(23-6-1-3-18(23)14-22-5-2-4-21-22)13-20-10-15-7-16(11-20)9-17(8-15)12-20/h2,4-5,15-18H,1,3,6-14H2/t15?,16?,17?,18-,20?/m1/s1. The molecule has 130 valence electrons. The minimum atomic E-state index is 0.353. The van der Waals surface area contributed by atoms with E-state index in [9.17, 15) is 4.79 Å². The Kier molecular flexibility index (Phi) is 3.50. The highest BCUT2D eigenvalue weighted by Crippen LogP contribution is 2.61. The number of hydrogen-bond acceptors (Lipinski definition) is 2. The number of carbonyl (C=O) groups excluding carboxylic acids is 1. The van der Waals surface area contributed by atoms with Gasteiger partial charge in [0.15, 0.2) is 0 Å². The summed E-state index contributed by atoms with van der Waals surface area (Å²) in [5, 5.41) is 4.33. The van der Waals surface area contributed by atoms with Crippen LogP contribution in [0.5, 0.6) is 0 Å². The van der Waals surface area contributed by atoms with E-state index in [0.717, 1.165) is 50.1 Å². The summed E-state index contributed by atoms with van der Waals surface area (Å²) in [6.45, 7) is 1.82.